The minimum absolute atomic E-state index is 0.647. The summed E-state index contributed by atoms with van der Waals surface area (Å²) in [5.74, 6) is 0. The Balaban J connectivity index is 1.28. The van der Waals surface area contributed by atoms with E-state index < -0.39 is 0 Å². The van der Waals surface area contributed by atoms with Gasteiger partial charge in [-0.25, -0.2) is 0 Å². The zero-order valence-electron chi connectivity index (χ0n) is 25.9. The Kier molecular flexibility index (Phi) is 8.46. The second kappa shape index (κ2) is 13.3. The molecular weight excluding hydrogens is 560 g/mol. The van der Waals surface area contributed by atoms with Gasteiger partial charge in [0.25, 0.3) is 0 Å². The van der Waals surface area contributed by atoms with Crippen LogP contribution in [0.15, 0.2) is 158 Å². The molecule has 226 valence electrons. The Morgan fingerprint density at radius 1 is 0.348 bits per heavy atom. The molecule has 0 bridgehead atoms. The van der Waals surface area contributed by atoms with Gasteiger partial charge in [-0.05, 0) is 131 Å². The Hall–Kier alpha value is -5.42. The average molecular weight is 599 g/mol. The molecule has 0 saturated carbocycles. The second-order valence-electron chi connectivity index (χ2n) is 11.6. The standard InChI is InChI=1S/C42H38N4/c43-27-25-31-11-17-37(18-12-31)45(35-7-3-1-4-8-35)39-21-23-41-33(29-39)15-16-34-30-40(22-24-42(34)41)46(36-9-5-2-6-10-36)38-19-13-32(14-20-38)26-28-44/h1-24,29-30H,25-28,43-44H2. The Morgan fingerprint density at radius 2 is 0.696 bits per heavy atom. The summed E-state index contributed by atoms with van der Waals surface area (Å²) in [4.78, 5) is 4.63. The quantitative estimate of drug-likeness (QED) is 0.154. The van der Waals surface area contributed by atoms with Crippen LogP contribution in [0.1, 0.15) is 11.1 Å². The van der Waals surface area contributed by atoms with E-state index >= 15 is 0 Å². The van der Waals surface area contributed by atoms with Gasteiger partial charge in [0, 0.05) is 34.1 Å². The van der Waals surface area contributed by atoms with Crippen LogP contribution in [0.3, 0.4) is 0 Å². The van der Waals surface area contributed by atoms with Crippen LogP contribution in [0.2, 0.25) is 0 Å². The maximum atomic E-state index is 5.81. The topological polar surface area (TPSA) is 58.5 Å². The van der Waals surface area contributed by atoms with Crippen molar-refractivity contribution in [3.63, 3.8) is 0 Å². The van der Waals surface area contributed by atoms with Crippen molar-refractivity contribution in [3.8, 4) is 0 Å². The summed E-state index contributed by atoms with van der Waals surface area (Å²) in [6.45, 7) is 1.29. The molecule has 4 N–H and O–H groups in total. The van der Waals surface area contributed by atoms with Gasteiger partial charge in [0.05, 0.1) is 0 Å². The number of para-hydroxylation sites is 2. The molecule has 0 fully saturated rings. The van der Waals surface area contributed by atoms with E-state index in [2.05, 4.69) is 168 Å². The van der Waals surface area contributed by atoms with E-state index in [1.165, 1.54) is 32.7 Å². The molecule has 0 atom stereocenters. The van der Waals surface area contributed by atoms with Crippen molar-refractivity contribution in [2.75, 3.05) is 22.9 Å². The zero-order valence-corrected chi connectivity index (χ0v) is 25.9. The fraction of sp³-hybridized carbons (Fsp3) is 0.0952. The number of hydrogen-bond acceptors (Lipinski definition) is 4. The van der Waals surface area contributed by atoms with Crippen LogP contribution in [-0.2, 0) is 12.8 Å². The highest BCUT2D eigenvalue weighted by Crippen LogP contribution is 2.40. The van der Waals surface area contributed by atoms with E-state index in [0.29, 0.717) is 13.1 Å². The zero-order chi connectivity index (χ0) is 31.3. The molecular formula is C42H38N4. The van der Waals surface area contributed by atoms with Crippen molar-refractivity contribution in [1.29, 1.82) is 0 Å². The van der Waals surface area contributed by atoms with Crippen LogP contribution in [0, 0.1) is 0 Å². The van der Waals surface area contributed by atoms with Crippen LogP contribution in [0.5, 0.6) is 0 Å². The molecule has 0 spiro atoms. The molecule has 0 aromatic heterocycles. The Morgan fingerprint density at radius 3 is 1.07 bits per heavy atom. The number of nitrogens with zero attached hydrogens (tertiary/aromatic N) is 2. The number of hydrogen-bond donors (Lipinski definition) is 2. The number of nitrogens with two attached hydrogens (primary N) is 2. The summed E-state index contributed by atoms with van der Waals surface area (Å²) in [5.41, 5.74) is 20.8. The van der Waals surface area contributed by atoms with Crippen molar-refractivity contribution < 1.29 is 0 Å². The molecule has 0 saturated heterocycles. The molecule has 7 aromatic rings. The van der Waals surface area contributed by atoms with Gasteiger partial charge >= 0.3 is 0 Å². The summed E-state index contributed by atoms with van der Waals surface area (Å²) in [6, 6.07) is 56.6. The molecule has 7 aromatic carbocycles. The number of rotatable bonds is 10. The molecule has 0 unspecified atom stereocenters. The molecule has 4 heteroatoms. The summed E-state index contributed by atoms with van der Waals surface area (Å²) >= 11 is 0. The van der Waals surface area contributed by atoms with E-state index in [1.54, 1.807) is 0 Å². The molecule has 0 radical (unpaired) electrons. The third-order valence-electron chi connectivity index (χ3n) is 8.60. The molecule has 46 heavy (non-hydrogen) atoms. The van der Waals surface area contributed by atoms with Gasteiger partial charge in [-0.2, -0.15) is 0 Å². The highest BCUT2D eigenvalue weighted by atomic mass is 15.1. The molecule has 0 aliphatic rings. The number of fused-ring (bicyclic) bond motifs is 3. The molecule has 0 amide bonds. The first-order valence-corrected chi connectivity index (χ1v) is 16.0. The lowest BCUT2D eigenvalue weighted by molar-refractivity contribution is 0.968. The van der Waals surface area contributed by atoms with Crippen LogP contribution < -0.4 is 21.3 Å². The Bertz CT molecular complexity index is 1900. The number of anilines is 6. The third kappa shape index (κ3) is 5.96. The van der Waals surface area contributed by atoms with E-state index in [4.69, 9.17) is 11.5 Å². The fourth-order valence-corrected chi connectivity index (χ4v) is 6.33. The maximum Gasteiger partial charge on any atom is 0.0468 e. The minimum Gasteiger partial charge on any atom is -0.330 e. The van der Waals surface area contributed by atoms with Crippen LogP contribution in [-0.4, -0.2) is 13.1 Å². The van der Waals surface area contributed by atoms with Crippen molar-refractivity contribution in [3.05, 3.63) is 169 Å². The second-order valence-corrected chi connectivity index (χ2v) is 11.6. The largest absolute Gasteiger partial charge is 0.330 e. The van der Waals surface area contributed by atoms with Crippen molar-refractivity contribution in [2.24, 2.45) is 11.5 Å². The van der Waals surface area contributed by atoms with Crippen molar-refractivity contribution in [2.45, 2.75) is 12.8 Å². The maximum absolute atomic E-state index is 5.81. The predicted molar refractivity (Wildman–Crippen MR) is 196 cm³/mol. The van der Waals surface area contributed by atoms with Gasteiger partial charge < -0.3 is 21.3 Å². The highest BCUT2D eigenvalue weighted by molar-refractivity contribution is 6.09. The molecule has 4 nitrogen and oxygen atoms in total. The first kappa shape index (κ1) is 29.3. The van der Waals surface area contributed by atoms with Gasteiger partial charge in [-0.3, -0.25) is 0 Å². The van der Waals surface area contributed by atoms with Crippen LogP contribution in [0.4, 0.5) is 34.1 Å². The summed E-state index contributed by atoms with van der Waals surface area (Å²) in [7, 11) is 0. The summed E-state index contributed by atoms with van der Waals surface area (Å²) in [6.07, 6.45) is 1.75. The van der Waals surface area contributed by atoms with Gasteiger partial charge in [-0.15, -0.1) is 0 Å². The molecule has 0 heterocycles. The number of benzene rings is 7. The lowest BCUT2D eigenvalue weighted by Gasteiger charge is -2.27. The van der Waals surface area contributed by atoms with Gasteiger partial charge in [0.1, 0.15) is 0 Å². The molecule has 7 rings (SSSR count). The van der Waals surface area contributed by atoms with E-state index in [-0.39, 0.29) is 0 Å². The van der Waals surface area contributed by atoms with E-state index in [0.717, 1.165) is 47.0 Å². The van der Waals surface area contributed by atoms with Crippen LogP contribution >= 0.6 is 0 Å². The highest BCUT2D eigenvalue weighted by Gasteiger charge is 2.16. The predicted octanol–water partition coefficient (Wildman–Crippen LogP) is 9.93. The van der Waals surface area contributed by atoms with Crippen molar-refractivity contribution in [1.82, 2.24) is 0 Å². The van der Waals surface area contributed by atoms with E-state index in [9.17, 15) is 0 Å². The van der Waals surface area contributed by atoms with Gasteiger partial charge in [0.15, 0.2) is 0 Å². The lowest BCUT2D eigenvalue weighted by atomic mass is 10.00. The van der Waals surface area contributed by atoms with E-state index in [1.807, 2.05) is 0 Å². The normalized spacial score (nSPS) is 11.2. The SMILES string of the molecule is NCCc1ccc(N(c2ccccc2)c2ccc3c(ccc4cc(N(c5ccccc5)c5ccc(CCN)cc5)ccc43)c2)cc1. The first-order valence-electron chi connectivity index (χ1n) is 16.0. The first-order chi connectivity index (χ1) is 22.7. The smallest absolute Gasteiger partial charge is 0.0468 e. The van der Waals surface area contributed by atoms with Crippen LogP contribution in [0.25, 0.3) is 21.5 Å². The lowest BCUT2D eigenvalue weighted by Crippen LogP contribution is -2.10. The minimum atomic E-state index is 0.647. The molecule has 0 aliphatic carbocycles. The fourth-order valence-electron chi connectivity index (χ4n) is 6.33. The monoisotopic (exact) mass is 598 g/mol. The summed E-state index contributed by atoms with van der Waals surface area (Å²) < 4.78 is 0. The Labute approximate surface area is 271 Å². The third-order valence-corrected chi connectivity index (χ3v) is 8.60. The molecule has 0 aliphatic heterocycles. The van der Waals surface area contributed by atoms with Gasteiger partial charge in [-0.1, -0.05) is 84.9 Å². The average Bonchev–Trinajstić information content (AvgIpc) is 3.11. The summed E-state index contributed by atoms with van der Waals surface area (Å²) in [5, 5.41) is 4.87. The van der Waals surface area contributed by atoms with Crippen molar-refractivity contribution >= 4 is 55.7 Å². The van der Waals surface area contributed by atoms with Gasteiger partial charge in [0.2, 0.25) is 0 Å².